The van der Waals surface area contributed by atoms with Crippen LogP contribution in [0.3, 0.4) is 0 Å². The fraction of sp³-hybridized carbons (Fsp3) is 0.220. The summed E-state index contributed by atoms with van der Waals surface area (Å²) in [6.45, 7) is 0.400. The Hall–Kier alpha value is -4.11. The van der Waals surface area contributed by atoms with Crippen molar-refractivity contribution in [3.05, 3.63) is 131 Å². The predicted octanol–water partition coefficient (Wildman–Crippen LogP) is 10.1. The van der Waals surface area contributed by atoms with E-state index >= 15 is 0 Å². The van der Waals surface area contributed by atoms with E-state index in [9.17, 15) is 22.6 Å². The highest BCUT2D eigenvalue weighted by molar-refractivity contribution is 7.86. The summed E-state index contributed by atoms with van der Waals surface area (Å²) in [6, 6.07) is 18.6. The van der Waals surface area contributed by atoms with E-state index in [4.69, 9.17) is 79.8 Å². The van der Waals surface area contributed by atoms with Crippen molar-refractivity contribution in [2.24, 2.45) is 0 Å². The summed E-state index contributed by atoms with van der Waals surface area (Å²) in [5.41, 5.74) is 6.58. The number of halogens is 6. The second-order valence-corrected chi connectivity index (χ2v) is 18.0. The molecule has 18 heteroatoms. The van der Waals surface area contributed by atoms with Crippen LogP contribution in [0.15, 0.2) is 71.6 Å². The zero-order chi connectivity index (χ0) is 41.7. The van der Waals surface area contributed by atoms with Gasteiger partial charge in [0.05, 0.1) is 37.8 Å². The molecule has 6 aromatic rings. The molecule has 0 atom stereocenters. The number of amides is 2. The van der Waals surface area contributed by atoms with Crippen LogP contribution < -0.4 is 10.6 Å². The summed E-state index contributed by atoms with van der Waals surface area (Å²) in [7, 11) is -4.70. The molecule has 8 rings (SSSR count). The van der Waals surface area contributed by atoms with Crippen LogP contribution >= 0.6 is 69.6 Å². The molecule has 0 spiro atoms. The minimum Gasteiger partial charge on any atom is -0.351 e. The van der Waals surface area contributed by atoms with Gasteiger partial charge in [0, 0.05) is 50.4 Å². The number of nitrogens with zero attached hydrogens (tertiary/aromatic N) is 4. The Morgan fingerprint density at radius 2 is 1.08 bits per heavy atom. The van der Waals surface area contributed by atoms with E-state index in [1.165, 1.54) is 16.8 Å². The summed E-state index contributed by atoms with van der Waals surface area (Å²) < 4.78 is 38.4. The van der Waals surface area contributed by atoms with Gasteiger partial charge in [0.2, 0.25) is 0 Å². The van der Waals surface area contributed by atoms with Gasteiger partial charge in [-0.25, -0.2) is 9.36 Å². The van der Waals surface area contributed by atoms with E-state index in [0.717, 1.165) is 35.2 Å². The smallest absolute Gasteiger partial charge is 0.296 e. The molecule has 3 N–H and O–H groups in total. The minimum absolute atomic E-state index is 0.113. The van der Waals surface area contributed by atoms with Crippen molar-refractivity contribution in [3.8, 4) is 33.9 Å². The van der Waals surface area contributed by atoms with Crippen LogP contribution in [-0.2, 0) is 35.8 Å². The van der Waals surface area contributed by atoms with Crippen LogP contribution in [-0.4, -0.2) is 57.4 Å². The molecule has 0 fully saturated rings. The lowest BCUT2D eigenvalue weighted by molar-refractivity contribution is 0.0945. The largest absolute Gasteiger partial charge is 0.351 e. The van der Waals surface area contributed by atoms with Gasteiger partial charge >= 0.3 is 0 Å². The van der Waals surface area contributed by atoms with Crippen molar-refractivity contribution in [1.29, 1.82) is 0 Å². The molecule has 2 aromatic heterocycles. The molecule has 304 valence electrons. The number of rotatable bonds is 9. The number of nitrogens with one attached hydrogen (secondary N) is 2. The van der Waals surface area contributed by atoms with E-state index in [-0.39, 0.29) is 51.7 Å². The van der Waals surface area contributed by atoms with Gasteiger partial charge < -0.3 is 10.6 Å². The molecular weight excluding hydrogens is 901 g/mol. The van der Waals surface area contributed by atoms with Gasteiger partial charge in [-0.1, -0.05) is 81.7 Å². The van der Waals surface area contributed by atoms with E-state index in [1.807, 2.05) is 18.2 Å². The normalized spacial score (nSPS) is 13.4. The Balaban J connectivity index is 1.04. The summed E-state index contributed by atoms with van der Waals surface area (Å²) in [5, 5.41) is 17.4. The summed E-state index contributed by atoms with van der Waals surface area (Å²) in [5.74, 6) is -0.854. The molecule has 2 aliphatic carbocycles. The van der Waals surface area contributed by atoms with E-state index in [0.29, 0.717) is 79.5 Å². The van der Waals surface area contributed by atoms with E-state index < -0.39 is 16.0 Å². The molecule has 59 heavy (non-hydrogen) atoms. The monoisotopic (exact) mass is 930 g/mol. The van der Waals surface area contributed by atoms with Crippen LogP contribution in [0.25, 0.3) is 33.9 Å². The zero-order valence-corrected chi connectivity index (χ0v) is 36.1. The summed E-state index contributed by atoms with van der Waals surface area (Å²) in [6.07, 6.45) is 3.54. The molecule has 2 aliphatic rings. The lowest BCUT2D eigenvalue weighted by Crippen LogP contribution is -2.31. The summed E-state index contributed by atoms with van der Waals surface area (Å²) >= 11 is 38.4. The lowest BCUT2D eigenvalue weighted by atomic mass is 10.0. The number of benzene rings is 4. The van der Waals surface area contributed by atoms with Gasteiger partial charge in [-0.3, -0.25) is 14.1 Å². The second kappa shape index (κ2) is 16.7. The first-order valence-electron chi connectivity index (χ1n) is 18.5. The number of fused-ring (bicyclic) bond motifs is 6. The van der Waals surface area contributed by atoms with Crippen LogP contribution in [0.2, 0.25) is 30.1 Å². The molecule has 2 heterocycles. The van der Waals surface area contributed by atoms with Gasteiger partial charge in [-0.15, -0.1) is 0 Å². The Kier molecular flexibility index (Phi) is 11.8. The molecule has 0 saturated heterocycles. The predicted molar refractivity (Wildman–Crippen MR) is 231 cm³/mol. The van der Waals surface area contributed by atoms with Crippen LogP contribution in [0, 0.1) is 0 Å². The van der Waals surface area contributed by atoms with Gasteiger partial charge in [0.15, 0.2) is 11.4 Å². The maximum absolute atomic E-state index is 13.9. The Bertz CT molecular complexity index is 2820. The standard InChI is InChI=1S/C41H32Cl6N6O5S/c42-22-8-11-25-21(18-22)4-1-6-28-35(50-52(37(25)28)33-14-9-23(43)19-31(33)46)40(54)48-16-3-17-49-41(55)36-29-7-2-5-27-26(12-13-30(45)39(27)59(56,57)58)38(29)53(51-36)34-15-10-24(44)20-32(34)47/h8-15,18-20H,1-7,16-17H2,(H,48,54)(H,49,55)(H,56,57,58). The highest BCUT2D eigenvalue weighted by Gasteiger charge is 2.33. The molecule has 0 radical (unpaired) electrons. The van der Waals surface area contributed by atoms with Gasteiger partial charge in [0.25, 0.3) is 21.9 Å². The quantitative estimate of drug-likeness (QED) is 0.0966. The average molecular weight is 934 g/mol. The molecule has 11 nitrogen and oxygen atoms in total. The number of hydrogen-bond acceptors (Lipinski definition) is 6. The van der Waals surface area contributed by atoms with Crippen LogP contribution in [0.1, 0.15) is 62.5 Å². The molecule has 0 bridgehead atoms. The fourth-order valence-electron chi connectivity index (χ4n) is 7.85. The molecular formula is C41H32Cl6N6O5S. The topological polar surface area (TPSA) is 148 Å². The number of aryl methyl sites for hydroxylation is 1. The van der Waals surface area contributed by atoms with Crippen molar-refractivity contribution < 1.29 is 22.6 Å². The van der Waals surface area contributed by atoms with Crippen molar-refractivity contribution >= 4 is 91.5 Å². The van der Waals surface area contributed by atoms with Crippen LogP contribution in [0.5, 0.6) is 0 Å². The third-order valence-electron chi connectivity index (χ3n) is 10.4. The third kappa shape index (κ3) is 8.09. The van der Waals surface area contributed by atoms with Gasteiger partial charge in [-0.2, -0.15) is 18.6 Å². The SMILES string of the molecule is O=C(NCCCNC(=O)c1nn(-c2ccc(Cl)cc2Cl)c2c1CCCc1c-2ccc(Cl)c1S(=O)(=O)O)c1nn(-c2ccc(Cl)cc2Cl)c2c1CCCc1cc(Cl)ccc1-2. The highest BCUT2D eigenvalue weighted by Crippen LogP contribution is 2.43. The molecule has 4 aromatic carbocycles. The Morgan fingerprint density at radius 1 is 0.610 bits per heavy atom. The van der Waals surface area contributed by atoms with Crippen LogP contribution in [0.4, 0.5) is 0 Å². The lowest BCUT2D eigenvalue weighted by Gasteiger charge is -2.15. The van der Waals surface area contributed by atoms with Crippen molar-refractivity contribution in [2.75, 3.05) is 13.1 Å². The summed E-state index contributed by atoms with van der Waals surface area (Å²) in [4.78, 5) is 27.3. The first kappa shape index (κ1) is 41.6. The second-order valence-electron chi connectivity index (χ2n) is 14.1. The maximum atomic E-state index is 13.9. The van der Waals surface area contributed by atoms with Crippen molar-refractivity contribution in [3.63, 3.8) is 0 Å². The zero-order valence-electron chi connectivity index (χ0n) is 30.8. The number of carbonyl (C=O) groups is 2. The van der Waals surface area contributed by atoms with Gasteiger partial charge in [0.1, 0.15) is 4.90 Å². The Morgan fingerprint density at radius 3 is 1.63 bits per heavy atom. The van der Waals surface area contributed by atoms with Crippen molar-refractivity contribution in [2.45, 2.75) is 49.8 Å². The molecule has 0 aliphatic heterocycles. The third-order valence-corrected chi connectivity index (χ3v) is 13.1. The number of aromatic nitrogens is 4. The van der Waals surface area contributed by atoms with E-state index in [2.05, 4.69) is 10.6 Å². The number of carbonyl (C=O) groups excluding carboxylic acids is 2. The highest BCUT2D eigenvalue weighted by atomic mass is 35.5. The minimum atomic E-state index is -4.70. The van der Waals surface area contributed by atoms with Crippen molar-refractivity contribution in [1.82, 2.24) is 30.2 Å². The van der Waals surface area contributed by atoms with E-state index in [1.54, 1.807) is 41.1 Å². The average Bonchev–Trinajstić information content (AvgIpc) is 3.59. The van der Waals surface area contributed by atoms with Gasteiger partial charge in [-0.05, 0) is 111 Å². The molecule has 0 saturated carbocycles. The molecule has 2 amide bonds. The number of hydrogen-bond donors (Lipinski definition) is 3. The Labute approximate surface area is 369 Å². The first-order chi connectivity index (χ1) is 28.2. The maximum Gasteiger partial charge on any atom is 0.296 e. The molecule has 0 unspecified atom stereocenters. The fourth-order valence-corrected chi connectivity index (χ4v) is 10.3. The first-order valence-corrected chi connectivity index (χ1v) is 22.2.